The van der Waals surface area contributed by atoms with Crippen molar-refractivity contribution in [1.82, 2.24) is 0 Å². The summed E-state index contributed by atoms with van der Waals surface area (Å²) in [6, 6.07) is 7.70. The van der Waals surface area contributed by atoms with Crippen LogP contribution in [0.3, 0.4) is 0 Å². The summed E-state index contributed by atoms with van der Waals surface area (Å²) in [5.74, 6) is 0.887. The normalized spacial score (nSPS) is 8.00. The van der Waals surface area contributed by atoms with E-state index in [-0.39, 0.29) is 0 Å². The van der Waals surface area contributed by atoms with E-state index in [0.717, 1.165) is 17.3 Å². The Morgan fingerprint density at radius 2 is 1.64 bits per heavy atom. The third kappa shape index (κ3) is 4.01. The summed E-state index contributed by atoms with van der Waals surface area (Å²) < 4.78 is 6.02. The van der Waals surface area contributed by atoms with Gasteiger partial charge >= 0.3 is 0 Å². The van der Waals surface area contributed by atoms with Crippen LogP contribution in [-0.2, 0) is 0 Å². The number of benzene rings is 1. The van der Waals surface area contributed by atoms with Gasteiger partial charge in [-0.05, 0) is 24.3 Å². The Kier molecular flexibility index (Phi) is 5.88. The summed E-state index contributed by atoms with van der Waals surface area (Å²) >= 11 is 3.32. The van der Waals surface area contributed by atoms with E-state index in [1.807, 2.05) is 24.3 Å². The summed E-state index contributed by atoms with van der Waals surface area (Å²) in [5.41, 5.74) is 0. The van der Waals surface area contributed by atoms with Crippen LogP contribution < -0.4 is 4.74 Å². The van der Waals surface area contributed by atoms with Gasteiger partial charge in [-0.3, -0.25) is 0 Å². The van der Waals surface area contributed by atoms with Gasteiger partial charge in [0, 0.05) is 11.6 Å². The van der Waals surface area contributed by atoms with Gasteiger partial charge < -0.3 is 9.84 Å². The largest absolute Gasteiger partial charge is 0.497 e. The van der Waals surface area contributed by atoms with Gasteiger partial charge in [-0.15, -0.1) is 0 Å². The molecule has 0 aliphatic carbocycles. The Morgan fingerprint density at radius 1 is 1.18 bits per heavy atom. The Balaban J connectivity index is 0.000000461. The molecule has 0 heterocycles. The Labute approximate surface area is 74.9 Å². The molecule has 0 spiro atoms. The molecule has 0 saturated heterocycles. The van der Waals surface area contributed by atoms with E-state index < -0.39 is 0 Å². The van der Waals surface area contributed by atoms with Crippen molar-refractivity contribution in [3.63, 3.8) is 0 Å². The lowest BCUT2D eigenvalue weighted by molar-refractivity contribution is 0.399. The zero-order valence-electron chi connectivity index (χ0n) is 6.54. The minimum Gasteiger partial charge on any atom is -0.497 e. The second-order valence-corrected chi connectivity index (χ2v) is 2.57. The molecule has 1 N–H and O–H groups in total. The quantitative estimate of drug-likeness (QED) is 0.783. The smallest absolute Gasteiger partial charge is 0.118 e. The molecule has 0 amide bonds. The SMILES string of the molecule is CO.COc1ccc(Br)cc1. The molecule has 0 fully saturated rings. The third-order valence-corrected chi connectivity index (χ3v) is 1.58. The summed E-state index contributed by atoms with van der Waals surface area (Å²) in [6.07, 6.45) is 0. The van der Waals surface area contributed by atoms with Crippen molar-refractivity contribution < 1.29 is 9.84 Å². The molecule has 62 valence electrons. The molecular weight excluding hydrogens is 208 g/mol. The molecule has 0 bridgehead atoms. The molecule has 2 nitrogen and oxygen atoms in total. The molecule has 0 saturated carbocycles. The van der Waals surface area contributed by atoms with Crippen LogP contribution in [0.2, 0.25) is 0 Å². The first kappa shape index (κ1) is 10.5. The highest BCUT2D eigenvalue weighted by Crippen LogP contribution is 2.14. The highest BCUT2D eigenvalue weighted by atomic mass is 79.9. The van der Waals surface area contributed by atoms with E-state index in [4.69, 9.17) is 9.84 Å². The summed E-state index contributed by atoms with van der Waals surface area (Å²) in [4.78, 5) is 0. The number of halogens is 1. The van der Waals surface area contributed by atoms with Gasteiger partial charge in [-0.1, -0.05) is 15.9 Å². The number of hydrogen-bond donors (Lipinski definition) is 1. The summed E-state index contributed by atoms with van der Waals surface area (Å²) in [7, 11) is 2.66. The average molecular weight is 219 g/mol. The van der Waals surface area contributed by atoms with Crippen LogP contribution in [0, 0.1) is 0 Å². The second kappa shape index (κ2) is 6.19. The third-order valence-electron chi connectivity index (χ3n) is 1.05. The van der Waals surface area contributed by atoms with Crippen LogP contribution in [0.25, 0.3) is 0 Å². The lowest BCUT2D eigenvalue weighted by Crippen LogP contribution is -1.79. The number of methoxy groups -OCH3 is 1. The standard InChI is InChI=1S/C7H7BrO.CH4O/c1-9-7-4-2-6(8)3-5-7;1-2/h2-5H,1H3;2H,1H3. The van der Waals surface area contributed by atoms with Gasteiger partial charge in [-0.2, -0.15) is 0 Å². The van der Waals surface area contributed by atoms with Crippen LogP contribution in [-0.4, -0.2) is 19.3 Å². The van der Waals surface area contributed by atoms with Crippen LogP contribution in [0.1, 0.15) is 0 Å². The van der Waals surface area contributed by atoms with E-state index >= 15 is 0 Å². The van der Waals surface area contributed by atoms with Crippen molar-refractivity contribution in [2.24, 2.45) is 0 Å². The molecule has 0 unspecified atom stereocenters. The number of aliphatic hydroxyl groups excluding tert-OH is 1. The van der Waals surface area contributed by atoms with Crippen LogP contribution in [0.4, 0.5) is 0 Å². The first-order chi connectivity index (χ1) is 5.33. The molecule has 1 aromatic carbocycles. The van der Waals surface area contributed by atoms with E-state index in [9.17, 15) is 0 Å². The lowest BCUT2D eigenvalue weighted by Gasteiger charge is -1.96. The number of rotatable bonds is 1. The number of hydrogen-bond acceptors (Lipinski definition) is 2. The predicted molar refractivity (Wildman–Crippen MR) is 48.8 cm³/mol. The van der Waals surface area contributed by atoms with Gasteiger partial charge in [0.1, 0.15) is 5.75 Å². The van der Waals surface area contributed by atoms with E-state index in [1.165, 1.54) is 0 Å². The van der Waals surface area contributed by atoms with Crippen LogP contribution in [0.15, 0.2) is 28.7 Å². The Bertz CT molecular complexity index is 184. The Morgan fingerprint density at radius 3 is 2.00 bits per heavy atom. The van der Waals surface area contributed by atoms with Crippen LogP contribution in [0.5, 0.6) is 5.75 Å². The lowest BCUT2D eigenvalue weighted by atomic mass is 10.3. The fourth-order valence-corrected chi connectivity index (χ4v) is 0.835. The highest BCUT2D eigenvalue weighted by Gasteiger charge is 1.86. The fraction of sp³-hybridized carbons (Fsp3) is 0.250. The highest BCUT2D eigenvalue weighted by molar-refractivity contribution is 9.10. The van der Waals surface area contributed by atoms with Crippen molar-refractivity contribution in [2.45, 2.75) is 0 Å². The molecular formula is C8H11BrO2. The fourth-order valence-electron chi connectivity index (χ4n) is 0.571. The Hall–Kier alpha value is -0.540. The predicted octanol–water partition coefficient (Wildman–Crippen LogP) is 2.07. The molecule has 0 aliphatic heterocycles. The number of ether oxygens (including phenoxy) is 1. The maximum absolute atomic E-state index is 7.00. The minimum absolute atomic E-state index is 0.887. The van der Waals surface area contributed by atoms with Gasteiger partial charge in [0.2, 0.25) is 0 Å². The molecule has 0 aromatic heterocycles. The zero-order valence-corrected chi connectivity index (χ0v) is 8.13. The van der Waals surface area contributed by atoms with Gasteiger partial charge in [0.05, 0.1) is 7.11 Å². The average Bonchev–Trinajstić information content (AvgIpc) is 2.10. The maximum Gasteiger partial charge on any atom is 0.118 e. The van der Waals surface area contributed by atoms with Gasteiger partial charge in [0.25, 0.3) is 0 Å². The summed E-state index contributed by atoms with van der Waals surface area (Å²) in [5, 5.41) is 7.00. The van der Waals surface area contributed by atoms with Crippen molar-refractivity contribution >= 4 is 15.9 Å². The molecule has 3 heteroatoms. The number of aliphatic hydroxyl groups is 1. The minimum atomic E-state index is 0.887. The maximum atomic E-state index is 7.00. The first-order valence-corrected chi connectivity index (χ1v) is 3.86. The second-order valence-electron chi connectivity index (χ2n) is 1.66. The summed E-state index contributed by atoms with van der Waals surface area (Å²) in [6.45, 7) is 0. The molecule has 0 aliphatic rings. The van der Waals surface area contributed by atoms with Crippen molar-refractivity contribution in [2.75, 3.05) is 14.2 Å². The monoisotopic (exact) mass is 218 g/mol. The molecule has 0 atom stereocenters. The van der Waals surface area contributed by atoms with Crippen molar-refractivity contribution in [3.05, 3.63) is 28.7 Å². The van der Waals surface area contributed by atoms with E-state index in [1.54, 1.807) is 7.11 Å². The topological polar surface area (TPSA) is 29.5 Å². The van der Waals surface area contributed by atoms with Gasteiger partial charge in [-0.25, -0.2) is 0 Å². The molecule has 1 aromatic rings. The molecule has 11 heavy (non-hydrogen) atoms. The van der Waals surface area contributed by atoms with E-state index in [0.29, 0.717) is 0 Å². The van der Waals surface area contributed by atoms with E-state index in [2.05, 4.69) is 15.9 Å². The zero-order chi connectivity index (χ0) is 8.69. The molecule has 0 radical (unpaired) electrons. The van der Waals surface area contributed by atoms with Crippen molar-refractivity contribution in [3.8, 4) is 5.75 Å². The molecule has 1 rings (SSSR count). The first-order valence-electron chi connectivity index (χ1n) is 3.07. The van der Waals surface area contributed by atoms with Crippen LogP contribution >= 0.6 is 15.9 Å². The van der Waals surface area contributed by atoms with Crippen molar-refractivity contribution in [1.29, 1.82) is 0 Å². The van der Waals surface area contributed by atoms with Gasteiger partial charge in [0.15, 0.2) is 0 Å².